The molecule has 0 aromatic rings. The summed E-state index contributed by atoms with van der Waals surface area (Å²) in [5.74, 6) is 0.776. The predicted octanol–water partition coefficient (Wildman–Crippen LogP) is 0.219. The average Bonchev–Trinajstić information content (AvgIpc) is 2.42. The minimum Gasteiger partial charge on any atom is -0.265 e. The molecule has 0 fully saturated rings. The number of hydrogen-bond acceptors (Lipinski definition) is 4. The van der Waals surface area contributed by atoms with Crippen molar-refractivity contribution < 1.29 is 18.7 Å². The molecular formula is C7H5NO4P+. The van der Waals surface area contributed by atoms with Crippen molar-refractivity contribution in [2.75, 3.05) is 6.61 Å². The number of terminal acetylenes is 1. The van der Waals surface area contributed by atoms with Crippen molar-refractivity contribution in [1.82, 2.24) is 4.67 Å². The third kappa shape index (κ3) is 2.00. The third-order valence-electron chi connectivity index (χ3n) is 1.21. The van der Waals surface area contributed by atoms with Crippen molar-refractivity contribution in [1.29, 1.82) is 0 Å². The molecule has 1 rings (SSSR count). The van der Waals surface area contributed by atoms with E-state index in [2.05, 4.69) is 10.4 Å². The molecule has 0 saturated carbocycles. The maximum atomic E-state index is 11.1. The van der Waals surface area contributed by atoms with Gasteiger partial charge in [0, 0.05) is 12.2 Å². The minimum absolute atomic E-state index is 0.202. The SMILES string of the molecule is C#CCO[P+](=O)N1C(=O)C=CC1=O. The van der Waals surface area contributed by atoms with E-state index in [-0.39, 0.29) is 6.61 Å². The van der Waals surface area contributed by atoms with Gasteiger partial charge in [0.25, 0.3) is 11.8 Å². The summed E-state index contributed by atoms with van der Waals surface area (Å²) in [5, 5.41) is 0. The zero-order valence-electron chi connectivity index (χ0n) is 6.47. The summed E-state index contributed by atoms with van der Waals surface area (Å²) in [6, 6.07) is 0. The summed E-state index contributed by atoms with van der Waals surface area (Å²) >= 11 is 0. The topological polar surface area (TPSA) is 63.7 Å². The van der Waals surface area contributed by atoms with Crippen LogP contribution in [0.1, 0.15) is 0 Å². The number of carbonyl (C=O) groups is 2. The van der Waals surface area contributed by atoms with Crippen LogP contribution in [0.25, 0.3) is 0 Å². The first-order valence-electron chi connectivity index (χ1n) is 3.26. The van der Waals surface area contributed by atoms with E-state index < -0.39 is 20.0 Å². The summed E-state index contributed by atoms with van der Waals surface area (Å²) in [6.45, 7) is -0.202. The largest absolute Gasteiger partial charge is 0.658 e. The molecule has 0 N–H and O–H groups in total. The van der Waals surface area contributed by atoms with Crippen LogP contribution in [0.15, 0.2) is 12.2 Å². The summed E-state index contributed by atoms with van der Waals surface area (Å²) in [4.78, 5) is 21.8. The second kappa shape index (κ2) is 3.94. The van der Waals surface area contributed by atoms with Gasteiger partial charge in [-0.05, 0) is 9.24 Å². The molecule has 1 unspecified atom stereocenters. The molecule has 5 nitrogen and oxygen atoms in total. The highest BCUT2D eigenvalue weighted by Gasteiger charge is 2.42. The van der Waals surface area contributed by atoms with Gasteiger partial charge in [0.15, 0.2) is 6.61 Å². The Bertz CT molecular complexity index is 323. The van der Waals surface area contributed by atoms with Gasteiger partial charge in [-0.3, -0.25) is 9.59 Å². The van der Waals surface area contributed by atoms with Gasteiger partial charge in [0.1, 0.15) is 0 Å². The van der Waals surface area contributed by atoms with E-state index in [1.165, 1.54) is 0 Å². The first-order valence-corrected chi connectivity index (χ1v) is 4.39. The fourth-order valence-electron chi connectivity index (χ4n) is 0.704. The van der Waals surface area contributed by atoms with Crippen LogP contribution in [0.5, 0.6) is 0 Å². The highest BCUT2D eigenvalue weighted by molar-refractivity contribution is 7.38. The number of carbonyl (C=O) groups excluding carboxylic acids is 2. The quantitative estimate of drug-likeness (QED) is 0.369. The zero-order chi connectivity index (χ0) is 9.84. The van der Waals surface area contributed by atoms with Crippen LogP contribution in [-0.4, -0.2) is 23.1 Å². The number of imide groups is 1. The Hall–Kier alpha value is -1.50. The second-order valence-electron chi connectivity index (χ2n) is 2.04. The summed E-state index contributed by atoms with van der Waals surface area (Å²) in [5.41, 5.74) is 0. The van der Waals surface area contributed by atoms with Gasteiger partial charge in [-0.1, -0.05) is 5.92 Å². The van der Waals surface area contributed by atoms with Crippen LogP contribution in [0, 0.1) is 12.3 Å². The van der Waals surface area contributed by atoms with Crippen LogP contribution < -0.4 is 0 Å². The molecule has 0 bridgehead atoms. The van der Waals surface area contributed by atoms with Crippen LogP contribution in [-0.2, 0) is 18.7 Å². The summed E-state index contributed by atoms with van der Waals surface area (Å²) in [6.07, 6.45) is 6.88. The van der Waals surface area contributed by atoms with Crippen LogP contribution in [0.2, 0.25) is 0 Å². The van der Waals surface area contributed by atoms with Gasteiger partial charge >= 0.3 is 8.18 Å². The van der Waals surface area contributed by atoms with E-state index in [0.29, 0.717) is 4.67 Å². The molecule has 1 aliphatic heterocycles. The van der Waals surface area contributed by atoms with Gasteiger partial charge in [-0.25, -0.2) is 0 Å². The molecule has 1 heterocycles. The number of rotatable bonds is 3. The first kappa shape index (κ1) is 9.59. The van der Waals surface area contributed by atoms with Crippen molar-refractivity contribution >= 4 is 20.0 Å². The Labute approximate surface area is 75.3 Å². The fraction of sp³-hybridized carbons (Fsp3) is 0.143. The van der Waals surface area contributed by atoms with E-state index in [9.17, 15) is 14.2 Å². The van der Waals surface area contributed by atoms with E-state index in [1.54, 1.807) is 0 Å². The molecular weight excluding hydrogens is 193 g/mol. The Morgan fingerprint density at radius 2 is 2.00 bits per heavy atom. The predicted molar refractivity (Wildman–Crippen MR) is 43.4 cm³/mol. The number of hydrogen-bond donors (Lipinski definition) is 0. The maximum absolute atomic E-state index is 11.1. The monoisotopic (exact) mass is 198 g/mol. The molecule has 0 aromatic heterocycles. The van der Waals surface area contributed by atoms with Gasteiger partial charge < -0.3 is 0 Å². The summed E-state index contributed by atoms with van der Waals surface area (Å²) < 4.78 is 16.2. The number of nitrogens with zero attached hydrogens (tertiary/aromatic N) is 1. The van der Waals surface area contributed by atoms with Crippen molar-refractivity contribution in [3.8, 4) is 12.3 Å². The van der Waals surface area contributed by atoms with Gasteiger partial charge in [0.05, 0.1) is 0 Å². The van der Waals surface area contributed by atoms with Crippen molar-refractivity contribution in [3.63, 3.8) is 0 Å². The van der Waals surface area contributed by atoms with Gasteiger partial charge in [-0.15, -0.1) is 10.9 Å². The lowest BCUT2D eigenvalue weighted by Gasteiger charge is -1.95. The maximum Gasteiger partial charge on any atom is 0.658 e. The smallest absolute Gasteiger partial charge is 0.265 e. The molecule has 0 aromatic carbocycles. The molecule has 0 saturated heterocycles. The van der Waals surface area contributed by atoms with Crippen LogP contribution in [0.3, 0.4) is 0 Å². The molecule has 0 aliphatic carbocycles. The standard InChI is InChI=1S/C7H5NO4P/c1-2-5-12-13(11)8-6(9)3-4-7(8)10/h1,3-4H,5H2/q+1. The van der Waals surface area contributed by atoms with Crippen molar-refractivity contribution in [2.24, 2.45) is 0 Å². The van der Waals surface area contributed by atoms with Gasteiger partial charge in [-0.2, -0.15) is 0 Å². The fourth-order valence-corrected chi connectivity index (χ4v) is 1.46. The van der Waals surface area contributed by atoms with E-state index in [1.807, 2.05) is 0 Å². The molecule has 1 atom stereocenters. The lowest BCUT2D eigenvalue weighted by Crippen LogP contribution is -2.22. The Balaban J connectivity index is 2.63. The van der Waals surface area contributed by atoms with E-state index >= 15 is 0 Å². The Kier molecular flexibility index (Phi) is 2.91. The normalized spacial score (nSPS) is 16.2. The molecule has 1 aliphatic rings. The lowest BCUT2D eigenvalue weighted by molar-refractivity contribution is -0.131. The van der Waals surface area contributed by atoms with Crippen molar-refractivity contribution in [3.05, 3.63) is 12.2 Å². The molecule has 13 heavy (non-hydrogen) atoms. The van der Waals surface area contributed by atoms with Crippen molar-refractivity contribution in [2.45, 2.75) is 0 Å². The Morgan fingerprint density at radius 1 is 1.46 bits per heavy atom. The molecule has 6 heteroatoms. The molecule has 66 valence electrons. The third-order valence-corrected chi connectivity index (χ3v) is 2.28. The zero-order valence-corrected chi connectivity index (χ0v) is 7.36. The first-order chi connectivity index (χ1) is 6.16. The highest BCUT2D eigenvalue weighted by Crippen LogP contribution is 2.31. The molecule has 0 radical (unpaired) electrons. The Morgan fingerprint density at radius 3 is 2.46 bits per heavy atom. The highest BCUT2D eigenvalue weighted by atomic mass is 31.1. The summed E-state index contributed by atoms with van der Waals surface area (Å²) in [7, 11) is -2.49. The van der Waals surface area contributed by atoms with Crippen LogP contribution in [0.4, 0.5) is 0 Å². The minimum atomic E-state index is -2.49. The average molecular weight is 198 g/mol. The van der Waals surface area contributed by atoms with E-state index in [0.717, 1.165) is 12.2 Å². The number of amides is 2. The van der Waals surface area contributed by atoms with E-state index in [4.69, 9.17) is 6.42 Å². The molecule has 2 amide bonds. The van der Waals surface area contributed by atoms with Gasteiger partial charge in [0.2, 0.25) is 0 Å². The second-order valence-corrected chi connectivity index (χ2v) is 3.17. The molecule has 0 spiro atoms. The lowest BCUT2D eigenvalue weighted by atomic mass is 10.6. The van der Waals surface area contributed by atoms with Crippen LogP contribution >= 0.6 is 8.18 Å².